The van der Waals surface area contributed by atoms with E-state index in [2.05, 4.69) is 38.2 Å². The predicted molar refractivity (Wildman–Crippen MR) is 148 cm³/mol. The number of H-pyrrole nitrogens is 1. The van der Waals surface area contributed by atoms with Crippen molar-refractivity contribution in [1.29, 1.82) is 0 Å². The molecule has 0 aromatic carbocycles. The van der Waals surface area contributed by atoms with Crippen molar-refractivity contribution < 1.29 is 19.5 Å². The average Bonchev–Trinajstić information content (AvgIpc) is 3.48. The minimum atomic E-state index is -0.951. The summed E-state index contributed by atoms with van der Waals surface area (Å²) in [5.41, 5.74) is 11.1. The number of fused-ring (bicyclic) bond motifs is 1. The number of hydrogen-bond acceptors (Lipinski definition) is 9. The van der Waals surface area contributed by atoms with Gasteiger partial charge in [-0.2, -0.15) is 0 Å². The number of aliphatic hydroxyl groups is 1. The van der Waals surface area contributed by atoms with E-state index in [9.17, 15) is 15.0 Å². The summed E-state index contributed by atoms with van der Waals surface area (Å²) in [4.78, 5) is 26.0. The van der Waals surface area contributed by atoms with Crippen LogP contribution in [-0.4, -0.2) is 57.7 Å². The number of nitrogen functional groups attached to an aromatic ring is 1. The van der Waals surface area contributed by atoms with Gasteiger partial charge in [0.15, 0.2) is 5.76 Å². The van der Waals surface area contributed by atoms with E-state index in [1.165, 1.54) is 6.82 Å². The number of nitrogens with zero attached hydrogens (tertiary/aromatic N) is 4. The summed E-state index contributed by atoms with van der Waals surface area (Å²) in [5, 5.41) is 26.2. The SMILES string of the molecule is CNC(/C=C(/C)O)=C\c1c(N)[nH]c2c1CN(c1ncc(-c3cc(C(C(=O)O)C(C)C)on3)cn1)CC2.[B]C. The van der Waals surface area contributed by atoms with Gasteiger partial charge in [0, 0.05) is 73.1 Å². The maximum Gasteiger partial charge on any atom is 0.314 e. The molecule has 38 heavy (non-hydrogen) atoms. The second-order valence-electron chi connectivity index (χ2n) is 9.16. The lowest BCUT2D eigenvalue weighted by Gasteiger charge is -2.27. The van der Waals surface area contributed by atoms with E-state index in [1.807, 2.05) is 19.9 Å². The first-order valence-electron chi connectivity index (χ1n) is 12.3. The second-order valence-corrected chi connectivity index (χ2v) is 9.16. The summed E-state index contributed by atoms with van der Waals surface area (Å²) >= 11 is 0. The highest BCUT2D eigenvalue weighted by atomic mass is 16.5. The van der Waals surface area contributed by atoms with Crippen LogP contribution in [0.5, 0.6) is 0 Å². The fourth-order valence-corrected chi connectivity index (χ4v) is 4.37. The number of nitrogens with one attached hydrogen (secondary N) is 2. The van der Waals surface area contributed by atoms with Gasteiger partial charge < -0.3 is 35.7 Å². The summed E-state index contributed by atoms with van der Waals surface area (Å²) in [5.74, 6) is -0.236. The summed E-state index contributed by atoms with van der Waals surface area (Å²) < 4.78 is 5.33. The molecule has 0 saturated heterocycles. The molecule has 4 heterocycles. The summed E-state index contributed by atoms with van der Waals surface area (Å²) in [6, 6.07) is 1.63. The molecule has 3 aromatic rings. The highest BCUT2D eigenvalue weighted by molar-refractivity contribution is 6.05. The molecule has 0 saturated carbocycles. The van der Waals surface area contributed by atoms with Gasteiger partial charge in [0.2, 0.25) is 5.95 Å². The zero-order chi connectivity index (χ0) is 28.0. The molecular weight excluding hydrogens is 485 g/mol. The molecule has 0 spiro atoms. The minimum absolute atomic E-state index is 0.138. The number of aliphatic carboxylic acids is 1. The third-order valence-corrected chi connectivity index (χ3v) is 6.18. The quantitative estimate of drug-likeness (QED) is 0.168. The summed E-state index contributed by atoms with van der Waals surface area (Å²) in [7, 11) is 6.28. The number of aromatic amines is 1. The van der Waals surface area contributed by atoms with Gasteiger partial charge in [-0.1, -0.05) is 25.8 Å². The van der Waals surface area contributed by atoms with Crippen LogP contribution in [0.15, 0.2) is 40.5 Å². The number of anilines is 2. The van der Waals surface area contributed by atoms with E-state index < -0.39 is 11.9 Å². The largest absolute Gasteiger partial charge is 0.513 e. The number of nitrogens with two attached hydrogens (primary N) is 1. The van der Waals surface area contributed by atoms with E-state index in [-0.39, 0.29) is 11.7 Å². The van der Waals surface area contributed by atoms with Crippen molar-refractivity contribution in [3.05, 3.63) is 58.6 Å². The smallest absolute Gasteiger partial charge is 0.314 e. The highest BCUT2D eigenvalue weighted by Crippen LogP contribution is 2.31. The van der Waals surface area contributed by atoms with Crippen molar-refractivity contribution in [2.75, 3.05) is 24.2 Å². The molecule has 0 bridgehead atoms. The molecule has 1 aliphatic rings. The van der Waals surface area contributed by atoms with Gasteiger partial charge in [-0.3, -0.25) is 4.79 Å². The van der Waals surface area contributed by atoms with Crippen LogP contribution >= 0.6 is 0 Å². The van der Waals surface area contributed by atoms with Crippen LogP contribution in [0.4, 0.5) is 11.8 Å². The average molecular weight is 519 g/mol. The Morgan fingerprint density at radius 2 is 1.97 bits per heavy atom. The molecular formula is C26H34BN7O4. The lowest BCUT2D eigenvalue weighted by molar-refractivity contribution is -0.140. The third-order valence-electron chi connectivity index (χ3n) is 6.18. The van der Waals surface area contributed by atoms with Crippen molar-refractivity contribution in [2.24, 2.45) is 5.92 Å². The number of carboxylic acids is 1. The number of carbonyl (C=O) groups is 1. The first kappa shape index (κ1) is 28.4. The summed E-state index contributed by atoms with van der Waals surface area (Å²) in [6.45, 7) is 8.04. The number of allylic oxidation sites excluding steroid dienone is 2. The van der Waals surface area contributed by atoms with Gasteiger partial charge in [0.1, 0.15) is 17.4 Å². The topological polar surface area (TPSA) is 166 Å². The van der Waals surface area contributed by atoms with Crippen molar-refractivity contribution in [2.45, 2.75) is 46.5 Å². The lowest BCUT2D eigenvalue weighted by atomic mass is 9.93. The third kappa shape index (κ3) is 6.19. The van der Waals surface area contributed by atoms with E-state index >= 15 is 0 Å². The fourth-order valence-electron chi connectivity index (χ4n) is 4.37. The predicted octanol–water partition coefficient (Wildman–Crippen LogP) is 3.65. The Kier molecular flexibility index (Phi) is 9.22. The maximum absolute atomic E-state index is 11.6. The zero-order valence-corrected chi connectivity index (χ0v) is 22.3. The molecule has 11 nitrogen and oxygen atoms in total. The van der Waals surface area contributed by atoms with Gasteiger partial charge in [-0.25, -0.2) is 9.97 Å². The Balaban J connectivity index is 0.00000195. The van der Waals surface area contributed by atoms with E-state index in [0.29, 0.717) is 41.9 Å². The number of aliphatic hydroxyl groups excluding tert-OH is 1. The normalized spacial score (nSPS) is 14.5. The molecule has 1 atom stereocenters. The molecule has 12 heteroatoms. The van der Waals surface area contributed by atoms with E-state index in [1.54, 1.807) is 38.5 Å². The van der Waals surface area contributed by atoms with Crippen molar-refractivity contribution in [3.63, 3.8) is 0 Å². The van der Waals surface area contributed by atoms with Gasteiger partial charge in [0.05, 0.1) is 13.6 Å². The minimum Gasteiger partial charge on any atom is -0.513 e. The molecule has 2 radical (unpaired) electrons. The fraction of sp³-hybridized carbons (Fsp3) is 0.385. The molecule has 0 fully saturated rings. The standard InChI is InChI=1S/C25H31N7O4.CH3B/c1-13(2)22(24(34)35)21-9-20(31-36-21)15-10-28-25(29-11-15)32-6-5-19-18(12-32)17(23(26)30-19)8-16(27-4)7-14(3)33;1-2/h7-11,13,22,27,30,33H,5-6,12,26H2,1-4H3,(H,34,35);1H3/b14-7-,16-8-;. The molecule has 1 unspecified atom stereocenters. The van der Waals surface area contributed by atoms with Gasteiger partial charge in [-0.05, 0) is 25.0 Å². The summed E-state index contributed by atoms with van der Waals surface area (Å²) in [6.07, 6.45) is 7.61. The van der Waals surface area contributed by atoms with Crippen LogP contribution in [0.3, 0.4) is 0 Å². The molecule has 1 aliphatic heterocycles. The Hall–Kier alpha value is -4.22. The number of likely N-dealkylation sites (N-methyl/N-ethyl adjacent to an activating group) is 1. The van der Waals surface area contributed by atoms with Crippen LogP contribution in [0.2, 0.25) is 6.82 Å². The molecule has 4 rings (SSSR count). The maximum atomic E-state index is 11.6. The van der Waals surface area contributed by atoms with Gasteiger partial charge in [-0.15, -0.1) is 0 Å². The van der Waals surface area contributed by atoms with Crippen molar-refractivity contribution in [3.8, 4) is 11.3 Å². The molecule has 200 valence electrons. The van der Waals surface area contributed by atoms with E-state index in [0.717, 1.165) is 28.9 Å². The Morgan fingerprint density at radius 1 is 1.29 bits per heavy atom. The zero-order valence-electron chi connectivity index (χ0n) is 22.3. The van der Waals surface area contributed by atoms with Crippen LogP contribution in [0.1, 0.15) is 49.3 Å². The molecule has 0 aliphatic carbocycles. The Bertz CT molecular complexity index is 1310. The first-order valence-corrected chi connectivity index (χ1v) is 12.3. The van der Waals surface area contributed by atoms with Crippen LogP contribution < -0.4 is 16.0 Å². The van der Waals surface area contributed by atoms with Crippen LogP contribution in [-0.2, 0) is 17.8 Å². The van der Waals surface area contributed by atoms with Gasteiger partial charge >= 0.3 is 5.97 Å². The van der Waals surface area contributed by atoms with E-state index in [4.69, 9.17) is 10.3 Å². The monoisotopic (exact) mass is 519 g/mol. The second kappa shape index (κ2) is 12.4. The van der Waals surface area contributed by atoms with Crippen LogP contribution in [0, 0.1) is 5.92 Å². The number of aromatic nitrogens is 4. The first-order chi connectivity index (χ1) is 18.2. The Labute approximate surface area is 223 Å². The number of hydrogen-bond donors (Lipinski definition) is 5. The highest BCUT2D eigenvalue weighted by Gasteiger charge is 2.28. The number of carboxylic acid groups (broad SMARTS) is 1. The molecule has 6 N–H and O–H groups in total. The van der Waals surface area contributed by atoms with Gasteiger partial charge in [0.25, 0.3) is 0 Å². The number of rotatable bonds is 8. The molecule has 3 aromatic heterocycles. The van der Waals surface area contributed by atoms with Crippen molar-refractivity contribution in [1.82, 2.24) is 25.4 Å². The van der Waals surface area contributed by atoms with Crippen LogP contribution in [0.25, 0.3) is 17.3 Å². The van der Waals surface area contributed by atoms with Crippen molar-refractivity contribution >= 4 is 31.7 Å². The Morgan fingerprint density at radius 3 is 2.55 bits per heavy atom. The lowest BCUT2D eigenvalue weighted by Crippen LogP contribution is -2.31. The molecule has 0 amide bonds.